The van der Waals surface area contributed by atoms with Crippen molar-refractivity contribution in [1.29, 1.82) is 0 Å². The number of carbonyl (C=O) groups is 1. The second kappa shape index (κ2) is 8.47. The highest BCUT2D eigenvalue weighted by molar-refractivity contribution is 5.82. The van der Waals surface area contributed by atoms with Crippen LogP contribution >= 0.6 is 0 Å². The van der Waals surface area contributed by atoms with E-state index in [0.29, 0.717) is 11.3 Å². The van der Waals surface area contributed by atoms with Crippen LogP contribution in [0.5, 0.6) is 0 Å². The minimum absolute atomic E-state index is 0.263. The Bertz CT molecular complexity index is 681. The number of hydrogen-bond donors (Lipinski definition) is 1. The van der Waals surface area contributed by atoms with Gasteiger partial charge in [0.05, 0.1) is 6.26 Å². The van der Waals surface area contributed by atoms with E-state index in [4.69, 9.17) is 4.42 Å². The summed E-state index contributed by atoms with van der Waals surface area (Å²) in [6.45, 7) is 3.97. The molecule has 1 aromatic heterocycles. The number of rotatable bonds is 7. The predicted octanol–water partition coefficient (Wildman–Crippen LogP) is 4.40. The van der Waals surface area contributed by atoms with Crippen molar-refractivity contribution in [3.63, 3.8) is 0 Å². The standard InChI is InChI=1S/C23H32N2O2/c26-22(24-13-10-19-6-2-1-3-7-19)21-18-23(21)11-15-25(16-12-23)14-4-8-20-9-5-17-27-20/h4-6,8-9,17,21H,1-3,7,10-16,18H2,(H,24,26)/b8-4+. The van der Waals surface area contributed by atoms with Crippen LogP contribution in [-0.4, -0.2) is 37.0 Å². The molecular weight excluding hydrogens is 336 g/mol. The Labute approximate surface area is 162 Å². The zero-order valence-electron chi connectivity index (χ0n) is 16.3. The summed E-state index contributed by atoms with van der Waals surface area (Å²) in [7, 11) is 0. The first-order valence-corrected chi connectivity index (χ1v) is 10.6. The van der Waals surface area contributed by atoms with Crippen molar-refractivity contribution in [3.8, 4) is 0 Å². The molecule has 4 nitrogen and oxygen atoms in total. The molecule has 1 aromatic rings. The Kier molecular flexibility index (Phi) is 5.82. The number of furan rings is 1. The van der Waals surface area contributed by atoms with Gasteiger partial charge in [0.25, 0.3) is 0 Å². The molecule has 2 heterocycles. The lowest BCUT2D eigenvalue weighted by Gasteiger charge is -2.32. The fourth-order valence-electron chi connectivity index (χ4n) is 4.76. The van der Waals surface area contributed by atoms with Gasteiger partial charge >= 0.3 is 0 Å². The summed E-state index contributed by atoms with van der Waals surface area (Å²) >= 11 is 0. The molecule has 3 aliphatic rings. The van der Waals surface area contributed by atoms with Crippen LogP contribution in [0.4, 0.5) is 0 Å². The summed E-state index contributed by atoms with van der Waals surface area (Å²) in [5, 5.41) is 3.21. The SMILES string of the molecule is O=C(NCCC1=CCCCC1)C1CC12CCN(C/C=C/c1ccco1)CC2. The summed E-state index contributed by atoms with van der Waals surface area (Å²) in [5.41, 5.74) is 1.85. The van der Waals surface area contributed by atoms with Gasteiger partial charge in [-0.3, -0.25) is 9.69 Å². The molecule has 4 heteroatoms. The van der Waals surface area contributed by atoms with Crippen molar-refractivity contribution >= 4 is 12.0 Å². The average molecular weight is 369 g/mol. The molecule has 2 aliphatic carbocycles. The number of likely N-dealkylation sites (tertiary alicyclic amines) is 1. The molecule has 0 bridgehead atoms. The van der Waals surface area contributed by atoms with Crippen LogP contribution in [0.2, 0.25) is 0 Å². The normalized spacial score (nSPS) is 24.9. The molecule has 1 saturated heterocycles. The number of hydrogen-bond acceptors (Lipinski definition) is 3. The molecule has 4 rings (SSSR count). The minimum Gasteiger partial charge on any atom is -0.465 e. The first-order chi connectivity index (χ1) is 13.3. The highest BCUT2D eigenvalue weighted by Crippen LogP contribution is 2.59. The number of carbonyl (C=O) groups excluding carboxylic acids is 1. The third kappa shape index (κ3) is 4.73. The van der Waals surface area contributed by atoms with Gasteiger partial charge < -0.3 is 9.73 Å². The van der Waals surface area contributed by atoms with Crippen LogP contribution < -0.4 is 5.32 Å². The highest BCUT2D eigenvalue weighted by Gasteiger charge is 2.58. The van der Waals surface area contributed by atoms with E-state index in [1.165, 1.54) is 25.7 Å². The molecule has 1 saturated carbocycles. The van der Waals surface area contributed by atoms with Gasteiger partial charge in [-0.2, -0.15) is 0 Å². The summed E-state index contributed by atoms with van der Waals surface area (Å²) in [4.78, 5) is 15.0. The summed E-state index contributed by atoms with van der Waals surface area (Å²) in [6, 6.07) is 3.88. The van der Waals surface area contributed by atoms with E-state index in [1.807, 2.05) is 18.2 Å². The Morgan fingerprint density at radius 2 is 2.22 bits per heavy atom. The average Bonchev–Trinajstić information content (AvgIpc) is 3.14. The van der Waals surface area contributed by atoms with Crippen molar-refractivity contribution in [2.45, 2.75) is 51.4 Å². The smallest absolute Gasteiger partial charge is 0.223 e. The van der Waals surface area contributed by atoms with Gasteiger partial charge in [0, 0.05) is 19.0 Å². The molecule has 1 unspecified atom stereocenters. The van der Waals surface area contributed by atoms with Gasteiger partial charge in [-0.05, 0) is 88.1 Å². The molecule has 1 atom stereocenters. The maximum absolute atomic E-state index is 12.5. The molecular formula is C23H32N2O2. The van der Waals surface area contributed by atoms with E-state index >= 15 is 0 Å². The summed E-state index contributed by atoms with van der Waals surface area (Å²) in [6.07, 6.45) is 17.9. The summed E-state index contributed by atoms with van der Waals surface area (Å²) < 4.78 is 5.32. The van der Waals surface area contributed by atoms with Gasteiger partial charge in [-0.15, -0.1) is 0 Å². The van der Waals surface area contributed by atoms with Crippen molar-refractivity contribution in [2.24, 2.45) is 11.3 Å². The topological polar surface area (TPSA) is 45.5 Å². The van der Waals surface area contributed by atoms with Crippen molar-refractivity contribution in [2.75, 3.05) is 26.2 Å². The van der Waals surface area contributed by atoms with Crippen LogP contribution in [0.25, 0.3) is 6.08 Å². The number of amides is 1. The first kappa shape index (κ1) is 18.5. The Morgan fingerprint density at radius 3 is 2.96 bits per heavy atom. The number of nitrogens with zero attached hydrogens (tertiary/aromatic N) is 1. The van der Waals surface area contributed by atoms with Crippen LogP contribution in [0, 0.1) is 11.3 Å². The molecule has 0 aromatic carbocycles. The lowest BCUT2D eigenvalue weighted by Crippen LogP contribution is -2.37. The fourth-order valence-corrected chi connectivity index (χ4v) is 4.76. The zero-order valence-corrected chi connectivity index (χ0v) is 16.3. The molecule has 0 radical (unpaired) electrons. The van der Waals surface area contributed by atoms with E-state index in [0.717, 1.165) is 57.6 Å². The number of nitrogens with one attached hydrogen (secondary N) is 1. The maximum Gasteiger partial charge on any atom is 0.223 e. The second-order valence-corrected chi connectivity index (χ2v) is 8.49. The van der Waals surface area contributed by atoms with Crippen molar-refractivity contribution in [3.05, 3.63) is 41.9 Å². The third-order valence-corrected chi connectivity index (χ3v) is 6.68. The molecule has 1 N–H and O–H groups in total. The molecule has 1 aliphatic heterocycles. The van der Waals surface area contributed by atoms with Gasteiger partial charge in [0.15, 0.2) is 0 Å². The Hall–Kier alpha value is -1.81. The predicted molar refractivity (Wildman–Crippen MR) is 108 cm³/mol. The molecule has 1 spiro atoms. The van der Waals surface area contributed by atoms with E-state index in [2.05, 4.69) is 22.4 Å². The maximum atomic E-state index is 12.5. The number of piperidine rings is 1. The van der Waals surface area contributed by atoms with E-state index < -0.39 is 0 Å². The first-order valence-electron chi connectivity index (χ1n) is 10.6. The highest BCUT2D eigenvalue weighted by atomic mass is 16.3. The molecule has 2 fully saturated rings. The Balaban J connectivity index is 1.15. The van der Waals surface area contributed by atoms with E-state index in [-0.39, 0.29) is 5.92 Å². The van der Waals surface area contributed by atoms with Gasteiger partial charge in [-0.1, -0.05) is 17.7 Å². The van der Waals surface area contributed by atoms with Gasteiger partial charge in [-0.25, -0.2) is 0 Å². The second-order valence-electron chi connectivity index (χ2n) is 8.49. The lowest BCUT2D eigenvalue weighted by molar-refractivity contribution is -0.123. The van der Waals surface area contributed by atoms with Crippen molar-refractivity contribution in [1.82, 2.24) is 10.2 Å². The van der Waals surface area contributed by atoms with Crippen molar-refractivity contribution < 1.29 is 9.21 Å². The quantitative estimate of drug-likeness (QED) is 0.726. The fraction of sp³-hybridized carbons (Fsp3) is 0.609. The molecule has 27 heavy (non-hydrogen) atoms. The Morgan fingerprint density at radius 1 is 1.33 bits per heavy atom. The van der Waals surface area contributed by atoms with Gasteiger partial charge in [0.2, 0.25) is 5.91 Å². The summed E-state index contributed by atoms with van der Waals surface area (Å²) in [5.74, 6) is 1.47. The minimum atomic E-state index is 0.263. The number of allylic oxidation sites excluding steroid dienone is 1. The van der Waals surface area contributed by atoms with Gasteiger partial charge in [0.1, 0.15) is 5.76 Å². The molecule has 146 valence electrons. The lowest BCUT2D eigenvalue weighted by atomic mass is 9.90. The van der Waals surface area contributed by atoms with Crippen LogP contribution in [0.1, 0.15) is 57.1 Å². The molecule has 1 amide bonds. The van der Waals surface area contributed by atoms with Crippen LogP contribution in [-0.2, 0) is 4.79 Å². The van der Waals surface area contributed by atoms with Crippen LogP contribution in [0.3, 0.4) is 0 Å². The monoisotopic (exact) mass is 368 g/mol. The third-order valence-electron chi connectivity index (χ3n) is 6.68. The van der Waals surface area contributed by atoms with E-state index in [9.17, 15) is 4.79 Å². The van der Waals surface area contributed by atoms with Crippen LogP contribution in [0.15, 0.2) is 40.5 Å². The van der Waals surface area contributed by atoms with E-state index in [1.54, 1.807) is 11.8 Å². The zero-order chi connectivity index (χ0) is 18.5. The largest absolute Gasteiger partial charge is 0.465 e.